The van der Waals surface area contributed by atoms with Crippen molar-refractivity contribution in [1.29, 1.82) is 0 Å². The van der Waals surface area contributed by atoms with E-state index < -0.39 is 5.97 Å². The highest BCUT2D eigenvalue weighted by Crippen LogP contribution is 2.25. The zero-order valence-corrected chi connectivity index (χ0v) is 28.3. The van der Waals surface area contributed by atoms with E-state index in [4.69, 9.17) is 16.6 Å². The molecule has 0 spiro atoms. The molecule has 49 heavy (non-hydrogen) atoms. The Hall–Kier alpha value is -5.66. The minimum atomic E-state index is -1.14. The minimum absolute atomic E-state index is 0.0275. The summed E-state index contributed by atoms with van der Waals surface area (Å²) in [7, 11) is 0. The molecule has 6 rings (SSSR count). The third-order valence-corrected chi connectivity index (χ3v) is 8.09. The van der Waals surface area contributed by atoms with Crippen LogP contribution in [0, 0.1) is 19.3 Å². The number of aryl methyl sites for hydroxylation is 2. The first-order chi connectivity index (χ1) is 23.1. The van der Waals surface area contributed by atoms with Crippen molar-refractivity contribution in [2.45, 2.75) is 72.4 Å². The number of carboxylic acid groups (broad SMARTS) is 1. The quantitative estimate of drug-likeness (QED) is 0.153. The SMILES string of the molecule is Cc1ccc(C(=O)NC2CC2)cc1-n1ncc(C(=O)NCC(C)(C)C)c1N.Cc1ccc(C(=O)NC2CC2)cc1-n1ncc(C(=O)O)c1N. The van der Waals surface area contributed by atoms with Crippen LogP contribution in [0.3, 0.4) is 0 Å². The van der Waals surface area contributed by atoms with Crippen molar-refractivity contribution in [3.63, 3.8) is 0 Å². The largest absolute Gasteiger partial charge is 0.477 e. The lowest BCUT2D eigenvalue weighted by Gasteiger charge is -2.18. The molecule has 2 fully saturated rings. The zero-order valence-electron chi connectivity index (χ0n) is 28.3. The molecule has 0 atom stereocenters. The Morgan fingerprint density at radius 1 is 0.755 bits per heavy atom. The Labute approximate surface area is 284 Å². The number of hydrogen-bond acceptors (Lipinski definition) is 8. The molecule has 2 aromatic carbocycles. The molecule has 0 radical (unpaired) electrons. The van der Waals surface area contributed by atoms with Gasteiger partial charge in [0.2, 0.25) is 0 Å². The van der Waals surface area contributed by atoms with Gasteiger partial charge in [-0.1, -0.05) is 32.9 Å². The van der Waals surface area contributed by atoms with Gasteiger partial charge in [0.15, 0.2) is 0 Å². The Morgan fingerprint density at radius 3 is 1.57 bits per heavy atom. The van der Waals surface area contributed by atoms with Crippen molar-refractivity contribution >= 4 is 35.3 Å². The summed E-state index contributed by atoms with van der Waals surface area (Å²) in [6.45, 7) is 10.4. The highest BCUT2D eigenvalue weighted by Gasteiger charge is 2.26. The Kier molecular flexibility index (Phi) is 9.78. The summed E-state index contributed by atoms with van der Waals surface area (Å²) in [4.78, 5) is 47.9. The Bertz CT molecular complexity index is 1910. The molecule has 4 aromatic rings. The Morgan fingerprint density at radius 2 is 1.18 bits per heavy atom. The van der Waals surface area contributed by atoms with Crippen molar-refractivity contribution in [3.05, 3.63) is 82.2 Å². The topological polar surface area (TPSA) is 212 Å². The molecule has 14 nitrogen and oxygen atoms in total. The molecule has 3 amide bonds. The van der Waals surface area contributed by atoms with E-state index in [1.165, 1.54) is 21.8 Å². The Balaban J connectivity index is 0.000000195. The van der Waals surface area contributed by atoms with Crippen LogP contribution in [0.5, 0.6) is 0 Å². The first kappa shape index (κ1) is 34.7. The smallest absolute Gasteiger partial charge is 0.341 e. The van der Waals surface area contributed by atoms with E-state index in [2.05, 4.69) is 26.1 Å². The fourth-order valence-corrected chi connectivity index (χ4v) is 4.83. The van der Waals surface area contributed by atoms with Gasteiger partial charge in [0.1, 0.15) is 22.8 Å². The van der Waals surface area contributed by atoms with Gasteiger partial charge in [0, 0.05) is 29.8 Å². The van der Waals surface area contributed by atoms with Crippen LogP contribution in [0.15, 0.2) is 48.8 Å². The number of aromatic nitrogens is 4. The second-order valence-electron chi connectivity index (χ2n) is 13.8. The summed E-state index contributed by atoms with van der Waals surface area (Å²) >= 11 is 0. The van der Waals surface area contributed by atoms with Gasteiger partial charge in [0.25, 0.3) is 17.7 Å². The zero-order chi connectivity index (χ0) is 35.6. The first-order valence-electron chi connectivity index (χ1n) is 16.1. The van der Waals surface area contributed by atoms with Crippen molar-refractivity contribution in [2.75, 3.05) is 18.0 Å². The van der Waals surface area contributed by atoms with Crippen LogP contribution in [0.1, 0.15) is 99.0 Å². The predicted octanol–water partition coefficient (Wildman–Crippen LogP) is 3.78. The molecule has 0 unspecified atom stereocenters. The summed E-state index contributed by atoms with van der Waals surface area (Å²) in [6, 6.07) is 11.1. The number of anilines is 2. The van der Waals surface area contributed by atoms with Crippen LogP contribution in [0.4, 0.5) is 11.6 Å². The van der Waals surface area contributed by atoms with E-state index in [1.54, 1.807) is 30.3 Å². The number of nitrogen functional groups attached to an aromatic ring is 2. The average Bonchev–Trinajstić information content (AvgIpc) is 3.97. The number of rotatable bonds is 9. The maximum Gasteiger partial charge on any atom is 0.341 e. The van der Waals surface area contributed by atoms with Gasteiger partial charge < -0.3 is 32.5 Å². The van der Waals surface area contributed by atoms with Gasteiger partial charge in [-0.15, -0.1) is 0 Å². The number of carboxylic acids is 1. The van der Waals surface area contributed by atoms with Crippen molar-refractivity contribution in [3.8, 4) is 11.4 Å². The van der Waals surface area contributed by atoms with E-state index in [0.717, 1.165) is 36.8 Å². The molecule has 0 saturated heterocycles. The van der Waals surface area contributed by atoms with Crippen LogP contribution in [0.25, 0.3) is 11.4 Å². The fourth-order valence-electron chi connectivity index (χ4n) is 4.83. The lowest BCUT2D eigenvalue weighted by molar-refractivity contribution is 0.0697. The third kappa shape index (κ3) is 8.44. The lowest BCUT2D eigenvalue weighted by Crippen LogP contribution is -2.32. The van der Waals surface area contributed by atoms with Crippen molar-refractivity contribution < 1.29 is 24.3 Å². The van der Waals surface area contributed by atoms with Crippen LogP contribution in [-0.4, -0.2) is 67.0 Å². The van der Waals surface area contributed by atoms with E-state index in [1.807, 2.05) is 40.7 Å². The molecule has 2 saturated carbocycles. The maximum atomic E-state index is 12.4. The summed E-state index contributed by atoms with van der Waals surface area (Å²) in [5.41, 5.74) is 16.4. The molecule has 0 bridgehead atoms. The number of amides is 3. The number of nitrogens with one attached hydrogen (secondary N) is 3. The maximum absolute atomic E-state index is 12.4. The minimum Gasteiger partial charge on any atom is -0.477 e. The number of carbonyl (C=O) groups is 4. The molecular weight excluding hydrogens is 626 g/mol. The van der Waals surface area contributed by atoms with Crippen LogP contribution >= 0.6 is 0 Å². The molecule has 14 heteroatoms. The molecular formula is C35H43N9O5. The summed E-state index contributed by atoms with van der Waals surface area (Å²) < 4.78 is 2.85. The molecule has 2 aliphatic carbocycles. The first-order valence-corrected chi connectivity index (χ1v) is 16.1. The van der Waals surface area contributed by atoms with Gasteiger partial charge in [-0.05, 0) is 80.3 Å². The van der Waals surface area contributed by atoms with Gasteiger partial charge in [-0.25, -0.2) is 14.2 Å². The van der Waals surface area contributed by atoms with Gasteiger partial charge in [-0.3, -0.25) is 14.4 Å². The summed E-state index contributed by atoms with van der Waals surface area (Å²) in [6.07, 6.45) is 6.75. The fraction of sp³-hybridized carbons (Fsp3) is 0.371. The highest BCUT2D eigenvalue weighted by molar-refractivity contribution is 5.99. The molecule has 2 aliphatic rings. The van der Waals surface area contributed by atoms with Crippen LogP contribution in [-0.2, 0) is 0 Å². The molecule has 8 N–H and O–H groups in total. The van der Waals surface area contributed by atoms with Crippen LogP contribution in [0.2, 0.25) is 0 Å². The number of nitrogens with two attached hydrogens (primary N) is 2. The van der Waals surface area contributed by atoms with Gasteiger partial charge in [-0.2, -0.15) is 10.2 Å². The number of benzene rings is 2. The molecule has 2 heterocycles. The highest BCUT2D eigenvalue weighted by atomic mass is 16.4. The normalized spacial score (nSPS) is 14.0. The van der Waals surface area contributed by atoms with E-state index in [9.17, 15) is 19.2 Å². The van der Waals surface area contributed by atoms with Crippen molar-refractivity contribution in [2.24, 2.45) is 5.41 Å². The molecule has 0 aliphatic heterocycles. The number of aromatic carboxylic acids is 1. The number of hydrogen-bond donors (Lipinski definition) is 6. The summed E-state index contributed by atoms with van der Waals surface area (Å²) in [5, 5.41) is 26.1. The number of carbonyl (C=O) groups excluding carboxylic acids is 3. The summed E-state index contributed by atoms with van der Waals surface area (Å²) in [5.74, 6) is -1.35. The van der Waals surface area contributed by atoms with Crippen LogP contribution < -0.4 is 27.4 Å². The average molecular weight is 670 g/mol. The van der Waals surface area contributed by atoms with E-state index in [0.29, 0.717) is 34.6 Å². The molecule has 258 valence electrons. The van der Waals surface area contributed by atoms with E-state index in [-0.39, 0.29) is 52.4 Å². The predicted molar refractivity (Wildman–Crippen MR) is 185 cm³/mol. The lowest BCUT2D eigenvalue weighted by atomic mass is 9.97. The van der Waals surface area contributed by atoms with Gasteiger partial charge in [0.05, 0.1) is 23.8 Å². The standard InChI is InChI=1S/C20H27N5O2.C15H16N4O3/c1-12-5-6-13(18(26)24-14-7-8-14)9-16(12)25-17(21)15(10-23-25)19(27)22-11-20(2,3)4;1-8-2-3-9(14(20)18-10-4-5-10)6-12(8)19-13(16)11(7-17-19)15(21)22/h5-6,9-10,14H,7-8,11,21H2,1-4H3,(H,22,27)(H,24,26);2-3,6-7,10H,4-5,16H2,1H3,(H,18,20)(H,21,22). The second-order valence-corrected chi connectivity index (χ2v) is 13.8. The van der Waals surface area contributed by atoms with Crippen molar-refractivity contribution in [1.82, 2.24) is 35.5 Å². The molecule has 2 aromatic heterocycles. The number of nitrogens with zero attached hydrogens (tertiary/aromatic N) is 4. The van der Waals surface area contributed by atoms with Gasteiger partial charge >= 0.3 is 5.97 Å². The second kappa shape index (κ2) is 13.8. The monoisotopic (exact) mass is 669 g/mol. The van der Waals surface area contributed by atoms with E-state index >= 15 is 0 Å². The third-order valence-electron chi connectivity index (χ3n) is 8.09.